The zero-order valence-corrected chi connectivity index (χ0v) is 14.3. The first-order valence-corrected chi connectivity index (χ1v) is 9.14. The van der Waals surface area contributed by atoms with Crippen LogP contribution in [0.15, 0.2) is 97.6 Å². The Kier molecular flexibility index (Phi) is 5.22. The Bertz CT molecular complexity index is 818. The Morgan fingerprint density at radius 3 is 1.52 bits per heavy atom. The second kappa shape index (κ2) is 7.73. The predicted molar refractivity (Wildman–Crippen MR) is 98.3 cm³/mol. The monoisotopic (exact) mass is 352 g/mol. The molecule has 0 saturated carbocycles. The Balaban J connectivity index is 1.85. The van der Waals surface area contributed by atoms with Gasteiger partial charge in [0.25, 0.3) is 0 Å². The number of phosphoric ester groups is 1. The van der Waals surface area contributed by atoms with Gasteiger partial charge >= 0.3 is 7.82 Å². The Morgan fingerprint density at radius 2 is 1.08 bits per heavy atom. The van der Waals surface area contributed by atoms with Gasteiger partial charge in [0.15, 0.2) is 0 Å². The van der Waals surface area contributed by atoms with E-state index in [1.807, 2.05) is 30.3 Å². The van der Waals surface area contributed by atoms with Crippen LogP contribution in [0.25, 0.3) is 5.76 Å². The van der Waals surface area contributed by atoms with E-state index in [4.69, 9.17) is 13.6 Å². The molecule has 0 aliphatic heterocycles. The lowest BCUT2D eigenvalue weighted by Gasteiger charge is -2.20. The minimum atomic E-state index is -3.98. The highest BCUT2D eigenvalue weighted by molar-refractivity contribution is 7.49. The largest absolute Gasteiger partial charge is 0.647 e. The van der Waals surface area contributed by atoms with Crippen molar-refractivity contribution < 1.29 is 18.1 Å². The maximum absolute atomic E-state index is 13.2. The number of hydrogen-bond acceptors (Lipinski definition) is 4. The highest BCUT2D eigenvalue weighted by atomic mass is 31.2. The van der Waals surface area contributed by atoms with Crippen LogP contribution < -0.4 is 9.05 Å². The fraction of sp³-hybridized carbons (Fsp3) is 0. The van der Waals surface area contributed by atoms with Crippen molar-refractivity contribution in [3.8, 4) is 11.5 Å². The number of rotatable bonds is 7. The Morgan fingerprint density at radius 1 is 0.680 bits per heavy atom. The molecule has 0 amide bonds. The van der Waals surface area contributed by atoms with Crippen LogP contribution in [0.2, 0.25) is 0 Å². The molecule has 0 N–H and O–H groups in total. The van der Waals surface area contributed by atoms with Crippen molar-refractivity contribution in [3.05, 3.63) is 103 Å². The van der Waals surface area contributed by atoms with Crippen LogP contribution in [0.3, 0.4) is 0 Å². The summed E-state index contributed by atoms with van der Waals surface area (Å²) in [6, 6.07) is 26.6. The third kappa shape index (κ3) is 4.75. The van der Waals surface area contributed by atoms with Gasteiger partial charge in [-0.3, -0.25) is 0 Å². The van der Waals surface area contributed by atoms with E-state index in [1.165, 1.54) is 0 Å². The molecule has 3 aromatic carbocycles. The topological polar surface area (TPSA) is 44.8 Å². The van der Waals surface area contributed by atoms with Gasteiger partial charge in [0.05, 0.1) is 0 Å². The average Bonchev–Trinajstić information content (AvgIpc) is 2.64. The third-order valence-corrected chi connectivity index (χ3v) is 4.55. The Hall–Kier alpha value is -2.97. The molecule has 0 unspecified atom stereocenters. The molecule has 3 rings (SSSR count). The summed E-state index contributed by atoms with van der Waals surface area (Å²) in [7, 11) is -3.98. The van der Waals surface area contributed by atoms with E-state index < -0.39 is 7.82 Å². The lowest BCUT2D eigenvalue weighted by atomic mass is 10.2. The van der Waals surface area contributed by atoms with Crippen molar-refractivity contribution in [2.45, 2.75) is 0 Å². The second-order valence-corrected chi connectivity index (χ2v) is 6.58. The highest BCUT2D eigenvalue weighted by Crippen LogP contribution is 2.52. The van der Waals surface area contributed by atoms with Crippen molar-refractivity contribution in [1.29, 1.82) is 0 Å². The fourth-order valence-corrected chi connectivity index (χ4v) is 3.34. The van der Waals surface area contributed by atoms with Crippen molar-refractivity contribution in [1.82, 2.24) is 0 Å². The van der Waals surface area contributed by atoms with Crippen LogP contribution in [0, 0.1) is 0 Å². The first-order valence-electron chi connectivity index (χ1n) is 7.68. The molecule has 3 aromatic rings. The molecule has 0 aliphatic rings. The molecule has 126 valence electrons. The van der Waals surface area contributed by atoms with Crippen molar-refractivity contribution in [3.63, 3.8) is 0 Å². The van der Waals surface area contributed by atoms with Gasteiger partial charge in [-0.05, 0) is 24.3 Å². The van der Waals surface area contributed by atoms with Gasteiger partial charge in [-0.2, -0.15) is 4.57 Å². The van der Waals surface area contributed by atoms with E-state index in [0.29, 0.717) is 17.1 Å². The molecule has 0 aliphatic carbocycles. The maximum atomic E-state index is 13.2. The summed E-state index contributed by atoms with van der Waals surface area (Å²) in [4.78, 5) is 0. The predicted octanol–water partition coefficient (Wildman–Crippen LogP) is 5.94. The lowest BCUT2D eigenvalue weighted by Crippen LogP contribution is -2.04. The van der Waals surface area contributed by atoms with Crippen LogP contribution >= 0.6 is 7.82 Å². The van der Waals surface area contributed by atoms with Gasteiger partial charge in [0, 0.05) is 5.56 Å². The summed E-state index contributed by atoms with van der Waals surface area (Å²) in [5.41, 5.74) is 0.691. The number of phosphoric acid groups is 1. The van der Waals surface area contributed by atoms with Crippen LogP contribution in [0.1, 0.15) is 5.56 Å². The molecular formula is C20H17O4P. The highest BCUT2D eigenvalue weighted by Gasteiger charge is 2.33. The average molecular weight is 352 g/mol. The first kappa shape index (κ1) is 16.9. The molecule has 0 fully saturated rings. The van der Waals surface area contributed by atoms with Crippen LogP contribution in [-0.2, 0) is 9.09 Å². The van der Waals surface area contributed by atoms with Crippen LogP contribution in [-0.4, -0.2) is 0 Å². The van der Waals surface area contributed by atoms with Gasteiger partial charge in [-0.1, -0.05) is 73.3 Å². The molecular weight excluding hydrogens is 335 g/mol. The molecule has 0 spiro atoms. The number of hydrogen-bond donors (Lipinski definition) is 0. The minimum Gasteiger partial charge on any atom is -0.386 e. The van der Waals surface area contributed by atoms with Crippen molar-refractivity contribution in [2.75, 3.05) is 0 Å². The second-order valence-electron chi connectivity index (χ2n) is 5.14. The van der Waals surface area contributed by atoms with Gasteiger partial charge < -0.3 is 13.6 Å². The van der Waals surface area contributed by atoms with Crippen molar-refractivity contribution >= 4 is 13.6 Å². The summed E-state index contributed by atoms with van der Waals surface area (Å²) in [5.74, 6) is 0.959. The van der Waals surface area contributed by atoms with E-state index in [-0.39, 0.29) is 5.76 Å². The van der Waals surface area contributed by atoms with E-state index in [1.54, 1.807) is 60.7 Å². The quantitative estimate of drug-likeness (QED) is 0.390. The molecule has 5 heteroatoms. The smallest absolute Gasteiger partial charge is 0.386 e. The fourth-order valence-electron chi connectivity index (χ4n) is 2.09. The zero-order valence-electron chi connectivity index (χ0n) is 13.4. The number of benzene rings is 3. The molecule has 0 aromatic heterocycles. The molecule has 0 atom stereocenters. The van der Waals surface area contributed by atoms with Gasteiger partial charge in [-0.25, -0.2) is 0 Å². The molecule has 4 nitrogen and oxygen atoms in total. The SMILES string of the molecule is C=C(OP(=O)(Oc1ccccc1)Oc1ccccc1)c1ccccc1. The van der Waals surface area contributed by atoms with E-state index in [9.17, 15) is 4.57 Å². The van der Waals surface area contributed by atoms with E-state index in [2.05, 4.69) is 6.58 Å². The van der Waals surface area contributed by atoms with E-state index >= 15 is 0 Å². The summed E-state index contributed by atoms with van der Waals surface area (Å²) >= 11 is 0. The zero-order chi connectivity index (χ0) is 17.5. The summed E-state index contributed by atoms with van der Waals surface area (Å²) in [6.45, 7) is 3.84. The molecule has 0 bridgehead atoms. The summed E-state index contributed by atoms with van der Waals surface area (Å²) < 4.78 is 29.9. The molecule has 0 radical (unpaired) electrons. The molecule has 0 heterocycles. The van der Waals surface area contributed by atoms with Crippen LogP contribution in [0.4, 0.5) is 0 Å². The standard InChI is InChI=1S/C20H17O4P/c1-17(18-11-5-2-6-12-18)22-25(21,23-19-13-7-3-8-14-19)24-20-15-9-4-10-16-20/h2-16H,1H2. The molecule has 0 saturated heterocycles. The minimum absolute atomic E-state index is 0.204. The third-order valence-electron chi connectivity index (χ3n) is 3.24. The van der Waals surface area contributed by atoms with Crippen molar-refractivity contribution in [2.24, 2.45) is 0 Å². The lowest BCUT2D eigenvalue weighted by molar-refractivity contribution is 0.285. The number of para-hydroxylation sites is 2. The van der Waals surface area contributed by atoms with Crippen LogP contribution in [0.5, 0.6) is 11.5 Å². The van der Waals surface area contributed by atoms with E-state index in [0.717, 1.165) is 0 Å². The van der Waals surface area contributed by atoms with Gasteiger partial charge in [-0.15, -0.1) is 0 Å². The Labute approximate surface area is 146 Å². The summed E-state index contributed by atoms with van der Waals surface area (Å²) in [6.07, 6.45) is 0. The van der Waals surface area contributed by atoms with Gasteiger partial charge in [0.1, 0.15) is 17.3 Å². The normalized spacial score (nSPS) is 10.7. The first-order chi connectivity index (χ1) is 12.1. The maximum Gasteiger partial charge on any atom is 0.647 e. The van der Waals surface area contributed by atoms with Gasteiger partial charge in [0.2, 0.25) is 0 Å². The molecule has 25 heavy (non-hydrogen) atoms. The summed E-state index contributed by atoms with van der Waals surface area (Å²) in [5, 5.41) is 0.